The van der Waals surface area contributed by atoms with E-state index in [0.717, 1.165) is 36.9 Å². The van der Waals surface area contributed by atoms with Crippen LogP contribution in [0.4, 0.5) is 5.69 Å². The molecule has 0 aliphatic carbocycles. The highest BCUT2D eigenvalue weighted by molar-refractivity contribution is 9.10. The summed E-state index contributed by atoms with van der Waals surface area (Å²) in [7, 11) is 1.91. The third-order valence-electron chi connectivity index (χ3n) is 3.58. The number of benzene rings is 1. The number of para-hydroxylation sites is 1. The van der Waals surface area contributed by atoms with Gasteiger partial charge in [0.2, 0.25) is 5.91 Å². The van der Waals surface area contributed by atoms with Gasteiger partial charge in [-0.25, -0.2) is 0 Å². The van der Waals surface area contributed by atoms with Crippen LogP contribution in [0.3, 0.4) is 0 Å². The summed E-state index contributed by atoms with van der Waals surface area (Å²) in [5.41, 5.74) is 1.21. The number of rotatable bonds is 6. The molecule has 0 radical (unpaired) electrons. The zero-order chi connectivity index (χ0) is 14.4. The van der Waals surface area contributed by atoms with E-state index >= 15 is 0 Å². The van der Waals surface area contributed by atoms with Crippen molar-refractivity contribution in [2.45, 2.75) is 25.3 Å². The Hall–Kier alpha value is -1.07. The first kappa shape index (κ1) is 15.3. The number of anilines is 1. The van der Waals surface area contributed by atoms with E-state index in [-0.39, 0.29) is 11.9 Å². The number of hydrogen-bond acceptors (Lipinski definition) is 3. The predicted octanol–water partition coefficient (Wildman–Crippen LogP) is 2.14. The molecule has 0 spiro atoms. The highest BCUT2D eigenvalue weighted by Gasteiger charge is 2.24. The maximum Gasteiger partial charge on any atom is 0.220 e. The van der Waals surface area contributed by atoms with Gasteiger partial charge >= 0.3 is 0 Å². The summed E-state index contributed by atoms with van der Waals surface area (Å²) < 4.78 is 1.11. The number of hydrogen-bond donors (Lipinski definition) is 2. The summed E-state index contributed by atoms with van der Waals surface area (Å²) in [5, 5.41) is 6.19. The van der Waals surface area contributed by atoms with Gasteiger partial charge in [-0.1, -0.05) is 12.1 Å². The van der Waals surface area contributed by atoms with E-state index in [4.69, 9.17) is 0 Å². The van der Waals surface area contributed by atoms with Gasteiger partial charge in [0.15, 0.2) is 0 Å². The Kier molecular flexibility index (Phi) is 5.86. The minimum atomic E-state index is 0.166. The van der Waals surface area contributed by atoms with Gasteiger partial charge in [-0.3, -0.25) is 4.79 Å². The van der Waals surface area contributed by atoms with E-state index in [9.17, 15) is 4.79 Å². The molecule has 1 aliphatic heterocycles. The Balaban J connectivity index is 1.81. The number of nitrogens with one attached hydrogen (secondary N) is 2. The van der Waals surface area contributed by atoms with Crippen molar-refractivity contribution >= 4 is 27.5 Å². The second-order valence-electron chi connectivity index (χ2n) is 5.16. The lowest BCUT2D eigenvalue weighted by atomic mass is 10.2. The van der Waals surface area contributed by atoms with Crippen LogP contribution in [0.5, 0.6) is 0 Å². The zero-order valence-electron chi connectivity index (χ0n) is 11.9. The number of carbonyl (C=O) groups excluding carboxylic acids is 1. The van der Waals surface area contributed by atoms with E-state index in [1.807, 2.05) is 19.2 Å². The van der Waals surface area contributed by atoms with Crippen LogP contribution in [0.1, 0.15) is 19.3 Å². The fourth-order valence-corrected chi connectivity index (χ4v) is 3.07. The summed E-state index contributed by atoms with van der Waals surface area (Å²) >= 11 is 3.58. The third-order valence-corrected chi connectivity index (χ3v) is 4.25. The molecule has 4 nitrogen and oxygen atoms in total. The number of amides is 1. The summed E-state index contributed by atoms with van der Waals surface area (Å²) in [5.74, 6) is 0.166. The fourth-order valence-electron chi connectivity index (χ4n) is 2.53. The van der Waals surface area contributed by atoms with Crippen LogP contribution in [-0.4, -0.2) is 38.6 Å². The van der Waals surface area contributed by atoms with Gasteiger partial charge in [0.1, 0.15) is 0 Å². The van der Waals surface area contributed by atoms with Crippen molar-refractivity contribution in [1.82, 2.24) is 10.6 Å². The van der Waals surface area contributed by atoms with E-state index < -0.39 is 0 Å². The lowest BCUT2D eigenvalue weighted by Crippen LogP contribution is -2.37. The molecule has 5 heteroatoms. The molecule has 20 heavy (non-hydrogen) atoms. The molecule has 1 fully saturated rings. The largest absolute Gasteiger partial charge is 0.368 e. The van der Waals surface area contributed by atoms with Gasteiger partial charge in [-0.05, 0) is 54.5 Å². The van der Waals surface area contributed by atoms with Gasteiger partial charge in [-0.15, -0.1) is 0 Å². The highest BCUT2D eigenvalue weighted by Crippen LogP contribution is 2.28. The average molecular weight is 340 g/mol. The molecule has 1 saturated heterocycles. The molecule has 1 aliphatic rings. The first-order chi connectivity index (χ1) is 9.70. The molecule has 1 aromatic rings. The van der Waals surface area contributed by atoms with Gasteiger partial charge in [0.25, 0.3) is 0 Å². The molecule has 1 unspecified atom stereocenters. The van der Waals surface area contributed by atoms with Crippen LogP contribution < -0.4 is 15.5 Å². The second-order valence-corrected chi connectivity index (χ2v) is 6.01. The Labute approximate surface area is 129 Å². The third kappa shape index (κ3) is 4.21. The number of carbonyl (C=O) groups is 1. The minimum absolute atomic E-state index is 0.166. The van der Waals surface area contributed by atoms with E-state index in [1.165, 1.54) is 5.69 Å². The van der Waals surface area contributed by atoms with Gasteiger partial charge in [-0.2, -0.15) is 0 Å². The monoisotopic (exact) mass is 339 g/mol. The normalized spacial score (nSPS) is 18.3. The maximum absolute atomic E-state index is 11.8. The molecule has 110 valence electrons. The fraction of sp³-hybridized carbons (Fsp3) is 0.533. The average Bonchev–Trinajstić information content (AvgIpc) is 2.88. The van der Waals surface area contributed by atoms with Crippen molar-refractivity contribution in [2.75, 3.05) is 31.6 Å². The Morgan fingerprint density at radius 1 is 1.45 bits per heavy atom. The van der Waals surface area contributed by atoms with Gasteiger partial charge in [0, 0.05) is 30.0 Å². The lowest BCUT2D eigenvalue weighted by molar-refractivity contribution is -0.121. The SMILES string of the molecule is CNCCCC(=O)NC1CCN(c2ccccc2Br)C1. The molecule has 0 aromatic heterocycles. The Morgan fingerprint density at radius 3 is 3.00 bits per heavy atom. The van der Waals surface area contributed by atoms with Crippen molar-refractivity contribution in [3.05, 3.63) is 28.7 Å². The van der Waals surface area contributed by atoms with E-state index in [0.29, 0.717) is 6.42 Å². The molecule has 1 heterocycles. The van der Waals surface area contributed by atoms with Crippen molar-refractivity contribution in [2.24, 2.45) is 0 Å². The summed E-state index contributed by atoms with van der Waals surface area (Å²) in [6, 6.07) is 8.50. The molecular weight excluding hydrogens is 318 g/mol. The summed E-state index contributed by atoms with van der Waals surface area (Å²) in [6.45, 7) is 2.77. The quantitative estimate of drug-likeness (QED) is 0.780. The van der Waals surface area contributed by atoms with E-state index in [2.05, 4.69) is 43.6 Å². The highest BCUT2D eigenvalue weighted by atomic mass is 79.9. The van der Waals surface area contributed by atoms with Crippen LogP contribution in [0.25, 0.3) is 0 Å². The van der Waals surface area contributed by atoms with Crippen LogP contribution in [-0.2, 0) is 4.79 Å². The molecular formula is C15H22BrN3O. The first-order valence-corrected chi connectivity index (χ1v) is 7.93. The lowest BCUT2D eigenvalue weighted by Gasteiger charge is -2.20. The van der Waals surface area contributed by atoms with Crippen LogP contribution in [0.15, 0.2) is 28.7 Å². The van der Waals surface area contributed by atoms with Crippen LogP contribution in [0, 0.1) is 0 Å². The molecule has 1 atom stereocenters. The van der Waals surface area contributed by atoms with E-state index in [1.54, 1.807) is 0 Å². The molecule has 0 saturated carbocycles. The van der Waals surface area contributed by atoms with Crippen molar-refractivity contribution in [3.8, 4) is 0 Å². The zero-order valence-corrected chi connectivity index (χ0v) is 13.4. The number of nitrogens with zero attached hydrogens (tertiary/aromatic N) is 1. The van der Waals surface area contributed by atoms with Gasteiger partial charge < -0.3 is 15.5 Å². The number of halogens is 1. The molecule has 2 N–H and O–H groups in total. The van der Waals surface area contributed by atoms with Crippen LogP contribution in [0.2, 0.25) is 0 Å². The standard InChI is InChI=1S/C15H22BrN3O/c1-17-9-4-7-15(20)18-12-8-10-19(11-12)14-6-3-2-5-13(14)16/h2-3,5-6,12,17H,4,7-11H2,1H3,(H,18,20). The second kappa shape index (κ2) is 7.64. The predicted molar refractivity (Wildman–Crippen MR) is 86.1 cm³/mol. The first-order valence-electron chi connectivity index (χ1n) is 7.14. The summed E-state index contributed by atoms with van der Waals surface area (Å²) in [4.78, 5) is 14.1. The molecule has 1 amide bonds. The molecule has 0 bridgehead atoms. The minimum Gasteiger partial charge on any atom is -0.368 e. The van der Waals surface area contributed by atoms with Crippen molar-refractivity contribution < 1.29 is 4.79 Å². The Bertz CT molecular complexity index is 452. The maximum atomic E-state index is 11.8. The smallest absolute Gasteiger partial charge is 0.220 e. The van der Waals surface area contributed by atoms with Crippen molar-refractivity contribution in [3.63, 3.8) is 0 Å². The van der Waals surface area contributed by atoms with Crippen molar-refractivity contribution in [1.29, 1.82) is 0 Å². The summed E-state index contributed by atoms with van der Waals surface area (Å²) in [6.07, 6.45) is 2.51. The molecule has 1 aromatic carbocycles. The van der Waals surface area contributed by atoms with Crippen LogP contribution >= 0.6 is 15.9 Å². The van der Waals surface area contributed by atoms with Gasteiger partial charge in [0.05, 0.1) is 5.69 Å². The Morgan fingerprint density at radius 2 is 2.25 bits per heavy atom. The molecule has 2 rings (SSSR count). The topological polar surface area (TPSA) is 44.4 Å².